The average molecular weight is 233 g/mol. The minimum atomic E-state index is -3.13. The Morgan fingerprint density at radius 3 is 2.47 bits per heavy atom. The van der Waals surface area contributed by atoms with Crippen LogP contribution in [-0.4, -0.2) is 39.1 Å². The Balaban J connectivity index is 3.01. The number of hydrogen-bond donors (Lipinski definition) is 1. The molecule has 15 heavy (non-hydrogen) atoms. The molecule has 0 saturated carbocycles. The van der Waals surface area contributed by atoms with Crippen molar-refractivity contribution in [3.8, 4) is 0 Å². The van der Waals surface area contributed by atoms with E-state index in [0.717, 1.165) is 12.2 Å². The zero-order chi connectivity index (χ0) is 11.7. The van der Waals surface area contributed by atoms with Crippen molar-refractivity contribution >= 4 is 9.84 Å². The summed E-state index contributed by atoms with van der Waals surface area (Å²) in [6.45, 7) is 4.07. The lowest BCUT2D eigenvalue weighted by Gasteiger charge is -2.32. The van der Waals surface area contributed by atoms with Crippen LogP contribution in [0.4, 0.5) is 0 Å². The van der Waals surface area contributed by atoms with Crippen LogP contribution < -0.4 is 5.32 Å². The van der Waals surface area contributed by atoms with Gasteiger partial charge in [0.1, 0.15) is 5.76 Å². The fourth-order valence-corrected chi connectivity index (χ4v) is 2.35. The summed E-state index contributed by atoms with van der Waals surface area (Å²) in [7, 11) is -1.38. The van der Waals surface area contributed by atoms with Gasteiger partial charge in [0.2, 0.25) is 0 Å². The topological polar surface area (TPSA) is 55.4 Å². The maximum absolute atomic E-state index is 11.7. The van der Waals surface area contributed by atoms with Crippen molar-refractivity contribution < 1.29 is 13.2 Å². The van der Waals surface area contributed by atoms with Gasteiger partial charge in [0.05, 0.1) is 17.4 Å². The molecule has 1 atom stereocenters. The second-order valence-corrected chi connectivity index (χ2v) is 6.94. The molecule has 1 heterocycles. The van der Waals surface area contributed by atoms with Crippen molar-refractivity contribution in [1.29, 1.82) is 0 Å². The first kappa shape index (κ1) is 12.5. The van der Waals surface area contributed by atoms with Crippen LogP contribution >= 0.6 is 0 Å². The molecule has 1 aliphatic heterocycles. The SMILES string of the molecule is CNC(C1=CCCO1)C(C)(C)S(C)(=O)=O. The van der Waals surface area contributed by atoms with Crippen LogP contribution in [0.2, 0.25) is 0 Å². The van der Waals surface area contributed by atoms with Gasteiger partial charge in [-0.2, -0.15) is 0 Å². The molecule has 0 amide bonds. The Kier molecular flexibility index (Phi) is 3.45. The summed E-state index contributed by atoms with van der Waals surface area (Å²) in [5, 5.41) is 3.02. The summed E-state index contributed by atoms with van der Waals surface area (Å²) in [4.78, 5) is 0. The minimum absolute atomic E-state index is 0.282. The number of likely N-dealkylation sites (N-methyl/N-ethyl adjacent to an activating group) is 1. The number of ether oxygens (including phenoxy) is 1. The molecule has 1 unspecified atom stereocenters. The summed E-state index contributed by atoms with van der Waals surface area (Å²) in [5.41, 5.74) is 0. The first-order valence-corrected chi connectivity index (χ1v) is 6.89. The van der Waals surface area contributed by atoms with E-state index in [4.69, 9.17) is 4.74 Å². The van der Waals surface area contributed by atoms with Crippen molar-refractivity contribution in [1.82, 2.24) is 5.32 Å². The molecule has 0 radical (unpaired) electrons. The molecule has 0 saturated heterocycles. The Hall–Kier alpha value is -0.550. The van der Waals surface area contributed by atoms with Gasteiger partial charge in [-0.1, -0.05) is 0 Å². The quantitative estimate of drug-likeness (QED) is 0.776. The lowest BCUT2D eigenvalue weighted by Crippen LogP contribution is -2.51. The van der Waals surface area contributed by atoms with Crippen LogP contribution in [0, 0.1) is 0 Å². The van der Waals surface area contributed by atoms with Gasteiger partial charge in [-0.15, -0.1) is 0 Å². The van der Waals surface area contributed by atoms with Gasteiger partial charge >= 0.3 is 0 Å². The molecule has 88 valence electrons. The zero-order valence-corrected chi connectivity index (χ0v) is 10.5. The second kappa shape index (κ2) is 4.14. The molecule has 0 bridgehead atoms. The first-order chi connectivity index (χ1) is 6.80. The molecule has 0 fully saturated rings. The smallest absolute Gasteiger partial charge is 0.154 e. The van der Waals surface area contributed by atoms with E-state index in [9.17, 15) is 8.42 Å². The van der Waals surface area contributed by atoms with Crippen molar-refractivity contribution in [2.45, 2.75) is 31.1 Å². The van der Waals surface area contributed by atoms with Crippen LogP contribution in [0.5, 0.6) is 0 Å². The van der Waals surface area contributed by atoms with E-state index in [1.807, 2.05) is 6.08 Å². The van der Waals surface area contributed by atoms with E-state index >= 15 is 0 Å². The summed E-state index contributed by atoms with van der Waals surface area (Å²) < 4.78 is 27.9. The summed E-state index contributed by atoms with van der Waals surface area (Å²) >= 11 is 0. The van der Waals surface area contributed by atoms with Gasteiger partial charge in [0.15, 0.2) is 9.84 Å². The largest absolute Gasteiger partial charge is 0.496 e. The van der Waals surface area contributed by atoms with Gasteiger partial charge < -0.3 is 10.1 Å². The molecule has 4 nitrogen and oxygen atoms in total. The third-order valence-electron chi connectivity index (χ3n) is 2.96. The maximum atomic E-state index is 11.7. The molecule has 1 aliphatic rings. The number of hydrogen-bond acceptors (Lipinski definition) is 4. The van der Waals surface area contributed by atoms with Crippen LogP contribution in [0.25, 0.3) is 0 Å². The van der Waals surface area contributed by atoms with E-state index in [1.54, 1.807) is 20.9 Å². The molecule has 1 N–H and O–H groups in total. The molecular weight excluding hydrogens is 214 g/mol. The molecule has 0 aromatic rings. The van der Waals surface area contributed by atoms with E-state index in [0.29, 0.717) is 6.61 Å². The standard InChI is InChI=1S/C10H19NO3S/c1-10(2,15(4,12)13)9(11-3)8-6-5-7-14-8/h6,9,11H,5,7H2,1-4H3. The highest BCUT2D eigenvalue weighted by Crippen LogP contribution is 2.27. The molecule has 0 aliphatic carbocycles. The minimum Gasteiger partial charge on any atom is -0.496 e. The summed E-state index contributed by atoms with van der Waals surface area (Å²) in [6, 6.07) is -0.282. The van der Waals surface area contributed by atoms with Gasteiger partial charge in [-0.25, -0.2) is 8.42 Å². The average Bonchev–Trinajstić information content (AvgIpc) is 2.55. The highest BCUT2D eigenvalue weighted by Gasteiger charge is 2.41. The third kappa shape index (κ3) is 2.34. The predicted molar refractivity (Wildman–Crippen MR) is 60.4 cm³/mol. The van der Waals surface area contributed by atoms with Crippen LogP contribution in [-0.2, 0) is 14.6 Å². The van der Waals surface area contributed by atoms with Gasteiger partial charge in [-0.05, 0) is 27.0 Å². The fourth-order valence-electron chi connectivity index (χ4n) is 1.68. The molecule has 5 heteroatoms. The third-order valence-corrected chi connectivity index (χ3v) is 5.10. The van der Waals surface area contributed by atoms with Crippen LogP contribution in [0.3, 0.4) is 0 Å². The molecule has 0 spiro atoms. The summed E-state index contributed by atoms with van der Waals surface area (Å²) in [5.74, 6) is 0.743. The highest BCUT2D eigenvalue weighted by molar-refractivity contribution is 7.92. The summed E-state index contributed by atoms with van der Waals surface area (Å²) in [6.07, 6.45) is 4.06. The van der Waals surface area contributed by atoms with Crippen LogP contribution in [0.15, 0.2) is 11.8 Å². The Morgan fingerprint density at radius 2 is 2.13 bits per heavy atom. The van der Waals surface area contributed by atoms with Crippen LogP contribution in [0.1, 0.15) is 20.3 Å². The molecular formula is C10H19NO3S. The maximum Gasteiger partial charge on any atom is 0.154 e. The zero-order valence-electron chi connectivity index (χ0n) is 9.70. The van der Waals surface area contributed by atoms with E-state index in [-0.39, 0.29) is 6.04 Å². The van der Waals surface area contributed by atoms with Crippen molar-refractivity contribution in [3.63, 3.8) is 0 Å². The Bertz CT molecular complexity index is 357. The monoisotopic (exact) mass is 233 g/mol. The van der Waals surface area contributed by atoms with E-state index in [2.05, 4.69) is 5.32 Å². The number of sulfone groups is 1. The van der Waals surface area contributed by atoms with Gasteiger partial charge in [0, 0.05) is 12.7 Å². The van der Waals surface area contributed by atoms with Gasteiger partial charge in [0.25, 0.3) is 0 Å². The lowest BCUT2D eigenvalue weighted by molar-refractivity contribution is 0.206. The first-order valence-electron chi connectivity index (χ1n) is 5.00. The number of nitrogens with one attached hydrogen (secondary N) is 1. The predicted octanol–water partition coefficient (Wildman–Crippen LogP) is 0.702. The normalized spacial score (nSPS) is 19.6. The van der Waals surface area contributed by atoms with E-state index < -0.39 is 14.6 Å². The Morgan fingerprint density at radius 1 is 1.53 bits per heavy atom. The lowest BCUT2D eigenvalue weighted by atomic mass is 10.0. The van der Waals surface area contributed by atoms with Crippen molar-refractivity contribution in [3.05, 3.63) is 11.8 Å². The second-order valence-electron chi connectivity index (χ2n) is 4.34. The molecule has 0 aromatic carbocycles. The highest BCUT2D eigenvalue weighted by atomic mass is 32.2. The van der Waals surface area contributed by atoms with Crippen molar-refractivity contribution in [2.75, 3.05) is 19.9 Å². The van der Waals surface area contributed by atoms with E-state index in [1.165, 1.54) is 6.26 Å². The van der Waals surface area contributed by atoms with Crippen molar-refractivity contribution in [2.24, 2.45) is 0 Å². The number of rotatable bonds is 4. The molecule has 1 rings (SSSR count). The fraction of sp³-hybridized carbons (Fsp3) is 0.800. The van der Waals surface area contributed by atoms with Gasteiger partial charge in [-0.3, -0.25) is 0 Å². The molecule has 0 aromatic heterocycles. The Labute approximate surface area is 91.6 Å².